The lowest BCUT2D eigenvalue weighted by atomic mass is 10.1. The molecular formula is C14H15NO5. The van der Waals surface area contributed by atoms with E-state index in [1.807, 2.05) is 0 Å². The SMILES string of the molecule is C=C[C@@H](OC(=O)c1ccccc1)[C@H]1OC(=O)N[C@H]1CO. The molecule has 1 amide bonds. The van der Waals surface area contributed by atoms with Gasteiger partial charge < -0.3 is 19.9 Å². The molecule has 6 heteroatoms. The maximum absolute atomic E-state index is 12.0. The van der Waals surface area contributed by atoms with E-state index in [1.165, 1.54) is 6.08 Å². The van der Waals surface area contributed by atoms with Gasteiger partial charge in [-0.25, -0.2) is 9.59 Å². The first kappa shape index (κ1) is 14.1. The maximum Gasteiger partial charge on any atom is 0.408 e. The van der Waals surface area contributed by atoms with Crippen LogP contribution in [0.3, 0.4) is 0 Å². The van der Waals surface area contributed by atoms with Crippen molar-refractivity contribution in [2.45, 2.75) is 18.2 Å². The first-order chi connectivity index (χ1) is 9.65. The van der Waals surface area contributed by atoms with Crippen molar-refractivity contribution in [1.82, 2.24) is 5.32 Å². The van der Waals surface area contributed by atoms with Gasteiger partial charge in [-0.1, -0.05) is 24.8 Å². The van der Waals surface area contributed by atoms with Crippen molar-refractivity contribution in [1.29, 1.82) is 0 Å². The minimum absolute atomic E-state index is 0.316. The summed E-state index contributed by atoms with van der Waals surface area (Å²) in [6, 6.07) is 7.82. The third kappa shape index (κ3) is 2.97. The van der Waals surface area contributed by atoms with E-state index < -0.39 is 30.3 Å². The number of aliphatic hydroxyl groups is 1. The van der Waals surface area contributed by atoms with E-state index in [2.05, 4.69) is 11.9 Å². The highest BCUT2D eigenvalue weighted by atomic mass is 16.6. The van der Waals surface area contributed by atoms with Gasteiger partial charge in [-0.2, -0.15) is 0 Å². The number of cyclic esters (lactones) is 1. The molecule has 0 radical (unpaired) electrons. The molecule has 0 unspecified atom stereocenters. The van der Waals surface area contributed by atoms with E-state index in [4.69, 9.17) is 9.47 Å². The summed E-state index contributed by atoms with van der Waals surface area (Å²) in [7, 11) is 0. The van der Waals surface area contributed by atoms with Crippen molar-refractivity contribution >= 4 is 12.1 Å². The Morgan fingerprint density at radius 2 is 2.20 bits per heavy atom. The van der Waals surface area contributed by atoms with Crippen LogP contribution >= 0.6 is 0 Å². The average molecular weight is 277 g/mol. The van der Waals surface area contributed by atoms with Crippen LogP contribution in [0.5, 0.6) is 0 Å². The standard InChI is InChI=1S/C14H15NO5/c1-2-11(12-10(8-16)15-14(18)20-12)19-13(17)9-6-4-3-5-7-9/h2-7,10-12,16H,1,8H2,(H,15,18)/t10-,11+,12-/m0/s1. The van der Waals surface area contributed by atoms with Gasteiger partial charge in [0.25, 0.3) is 0 Å². The van der Waals surface area contributed by atoms with Crippen LogP contribution in [0.1, 0.15) is 10.4 Å². The zero-order valence-electron chi connectivity index (χ0n) is 10.7. The second-order valence-electron chi connectivity index (χ2n) is 4.27. The van der Waals surface area contributed by atoms with Crippen molar-refractivity contribution in [2.75, 3.05) is 6.61 Å². The number of esters is 1. The van der Waals surface area contributed by atoms with Gasteiger partial charge in [0.2, 0.25) is 0 Å². The molecule has 0 aromatic heterocycles. The molecule has 0 saturated carbocycles. The Bertz CT molecular complexity index is 502. The van der Waals surface area contributed by atoms with E-state index in [0.717, 1.165) is 0 Å². The van der Waals surface area contributed by atoms with E-state index in [9.17, 15) is 14.7 Å². The van der Waals surface area contributed by atoms with Crippen LogP contribution in [-0.2, 0) is 9.47 Å². The number of alkyl carbamates (subject to hydrolysis) is 1. The summed E-state index contributed by atoms with van der Waals surface area (Å²) in [5.74, 6) is -0.546. The van der Waals surface area contributed by atoms with Crippen molar-refractivity contribution in [2.24, 2.45) is 0 Å². The zero-order chi connectivity index (χ0) is 14.5. The van der Waals surface area contributed by atoms with E-state index in [-0.39, 0.29) is 6.61 Å². The summed E-state index contributed by atoms with van der Waals surface area (Å²) >= 11 is 0. The molecule has 2 N–H and O–H groups in total. The number of aliphatic hydroxyl groups excluding tert-OH is 1. The number of benzene rings is 1. The van der Waals surface area contributed by atoms with Crippen molar-refractivity contribution in [3.63, 3.8) is 0 Å². The Balaban J connectivity index is 2.07. The second kappa shape index (κ2) is 6.21. The first-order valence-electron chi connectivity index (χ1n) is 6.12. The fourth-order valence-electron chi connectivity index (χ4n) is 1.93. The van der Waals surface area contributed by atoms with Gasteiger partial charge in [0, 0.05) is 0 Å². The number of nitrogens with one attached hydrogen (secondary N) is 1. The summed E-state index contributed by atoms with van der Waals surface area (Å²) in [4.78, 5) is 23.1. The lowest BCUT2D eigenvalue weighted by Crippen LogP contribution is -2.42. The summed E-state index contributed by atoms with van der Waals surface area (Å²) in [6.07, 6.45) is -0.915. The lowest BCUT2D eigenvalue weighted by Gasteiger charge is -2.22. The van der Waals surface area contributed by atoms with Gasteiger partial charge in [-0.15, -0.1) is 0 Å². The second-order valence-corrected chi connectivity index (χ2v) is 4.27. The first-order valence-corrected chi connectivity index (χ1v) is 6.12. The molecule has 3 atom stereocenters. The number of hydrogen-bond donors (Lipinski definition) is 2. The van der Waals surface area contributed by atoms with Gasteiger partial charge in [0.1, 0.15) is 0 Å². The van der Waals surface area contributed by atoms with Gasteiger partial charge in [0.05, 0.1) is 18.2 Å². The molecule has 106 valence electrons. The number of amides is 1. The van der Waals surface area contributed by atoms with Crippen molar-refractivity contribution in [3.05, 3.63) is 48.6 Å². The van der Waals surface area contributed by atoms with Crippen LogP contribution in [0, 0.1) is 0 Å². The minimum atomic E-state index is -0.834. The molecule has 1 aliphatic rings. The normalized spacial score (nSPS) is 22.6. The maximum atomic E-state index is 12.0. The highest BCUT2D eigenvalue weighted by Gasteiger charge is 2.40. The molecule has 0 aliphatic carbocycles. The van der Waals surface area contributed by atoms with E-state index >= 15 is 0 Å². The molecule has 1 heterocycles. The topological polar surface area (TPSA) is 84.9 Å². The molecule has 0 spiro atoms. The van der Waals surface area contributed by atoms with E-state index in [1.54, 1.807) is 30.3 Å². The lowest BCUT2D eigenvalue weighted by molar-refractivity contribution is -0.00362. The van der Waals surface area contributed by atoms with Gasteiger partial charge in [0.15, 0.2) is 12.2 Å². The highest BCUT2D eigenvalue weighted by molar-refractivity contribution is 5.89. The molecule has 0 bridgehead atoms. The smallest absolute Gasteiger partial charge is 0.408 e. The van der Waals surface area contributed by atoms with E-state index in [0.29, 0.717) is 5.56 Å². The highest BCUT2D eigenvalue weighted by Crippen LogP contribution is 2.17. The summed E-state index contributed by atoms with van der Waals surface area (Å²) < 4.78 is 10.3. The Hall–Kier alpha value is -2.34. The quantitative estimate of drug-likeness (QED) is 0.616. The Morgan fingerprint density at radius 1 is 1.50 bits per heavy atom. The summed E-state index contributed by atoms with van der Waals surface area (Å²) in [6.45, 7) is 3.25. The van der Waals surface area contributed by atoms with Crippen molar-refractivity contribution in [3.8, 4) is 0 Å². The molecule has 1 fully saturated rings. The Morgan fingerprint density at radius 3 is 2.80 bits per heavy atom. The molecular weight excluding hydrogens is 262 g/mol. The Labute approximate surface area is 116 Å². The monoisotopic (exact) mass is 277 g/mol. The largest absolute Gasteiger partial charge is 0.450 e. The third-order valence-electron chi connectivity index (χ3n) is 2.95. The molecule has 1 aliphatic heterocycles. The molecule has 1 aromatic carbocycles. The predicted octanol–water partition coefficient (Wildman–Crippen LogP) is 0.867. The van der Waals surface area contributed by atoms with Crippen LogP contribution < -0.4 is 5.32 Å². The van der Waals surface area contributed by atoms with Crippen molar-refractivity contribution < 1.29 is 24.2 Å². The molecule has 20 heavy (non-hydrogen) atoms. The molecule has 2 rings (SSSR count). The van der Waals surface area contributed by atoms with Gasteiger partial charge in [-0.05, 0) is 18.2 Å². The molecule has 6 nitrogen and oxygen atoms in total. The fourth-order valence-corrected chi connectivity index (χ4v) is 1.93. The van der Waals surface area contributed by atoms with Gasteiger partial charge >= 0.3 is 12.1 Å². The van der Waals surface area contributed by atoms with Crippen LogP contribution in [0.25, 0.3) is 0 Å². The molecule has 1 aromatic rings. The van der Waals surface area contributed by atoms with Crippen LogP contribution in [0.15, 0.2) is 43.0 Å². The number of carbonyl (C=O) groups is 2. The van der Waals surface area contributed by atoms with Crippen LogP contribution in [-0.4, -0.2) is 42.0 Å². The number of hydrogen-bond acceptors (Lipinski definition) is 5. The third-order valence-corrected chi connectivity index (χ3v) is 2.95. The summed E-state index contributed by atoms with van der Waals surface area (Å²) in [5.41, 5.74) is 0.386. The fraction of sp³-hybridized carbons (Fsp3) is 0.286. The number of rotatable bonds is 5. The van der Waals surface area contributed by atoms with Gasteiger partial charge in [-0.3, -0.25) is 0 Å². The predicted molar refractivity (Wildman–Crippen MR) is 70.1 cm³/mol. The zero-order valence-corrected chi connectivity index (χ0v) is 10.7. The minimum Gasteiger partial charge on any atom is -0.450 e. The number of ether oxygens (including phenoxy) is 2. The van der Waals surface area contributed by atoms with Crippen LogP contribution in [0.4, 0.5) is 4.79 Å². The molecule has 1 saturated heterocycles. The number of carbonyl (C=O) groups excluding carboxylic acids is 2. The van der Waals surface area contributed by atoms with Crippen LogP contribution in [0.2, 0.25) is 0 Å². The summed E-state index contributed by atoms with van der Waals surface area (Å²) in [5, 5.41) is 11.6. The average Bonchev–Trinajstić information content (AvgIpc) is 2.86. The Kier molecular flexibility index (Phi) is 4.37.